The lowest BCUT2D eigenvalue weighted by molar-refractivity contribution is 0.101. The molecule has 76 valence electrons. The molecule has 0 saturated heterocycles. The second-order valence-electron chi connectivity index (χ2n) is 2.91. The van der Waals surface area contributed by atoms with Crippen molar-refractivity contribution in [2.24, 2.45) is 0 Å². The van der Waals surface area contributed by atoms with E-state index >= 15 is 0 Å². The average Bonchev–Trinajstić information content (AvgIpc) is 2.02. The van der Waals surface area contributed by atoms with Crippen LogP contribution < -0.4 is 5.56 Å². The van der Waals surface area contributed by atoms with E-state index in [-0.39, 0.29) is 27.7 Å². The van der Waals surface area contributed by atoms with Crippen molar-refractivity contribution in [3.05, 3.63) is 21.5 Å². The molecule has 2 N–H and O–H groups in total. The number of Topliss-reactive ketones (excluding diaryl/α,β-unsaturated/α-hetero) is 1. The number of pyridine rings is 1. The molecular formula is C9H11NO3S. The third-order valence-corrected chi connectivity index (χ3v) is 2.31. The number of carbonyl (C=O) groups is 1. The second-order valence-corrected chi connectivity index (χ2v) is 3.36. The fourth-order valence-electron chi connectivity index (χ4n) is 1.28. The summed E-state index contributed by atoms with van der Waals surface area (Å²) in [6, 6.07) is 0. The van der Waals surface area contributed by atoms with Crippen LogP contribution in [0.25, 0.3) is 0 Å². The lowest BCUT2D eigenvalue weighted by atomic mass is 10.1. The zero-order chi connectivity index (χ0) is 10.9. The van der Waals surface area contributed by atoms with Crippen molar-refractivity contribution < 1.29 is 9.90 Å². The maximum atomic E-state index is 11.3. The zero-order valence-electron chi connectivity index (χ0n) is 7.92. The number of aromatic nitrogens is 1. The summed E-state index contributed by atoms with van der Waals surface area (Å²) in [4.78, 5) is 24.8. The van der Waals surface area contributed by atoms with E-state index in [9.17, 15) is 14.7 Å². The minimum Gasteiger partial charge on any atom is -0.507 e. The molecule has 0 aliphatic rings. The predicted molar refractivity (Wildman–Crippen MR) is 55.4 cm³/mol. The van der Waals surface area contributed by atoms with Gasteiger partial charge in [-0.15, -0.1) is 12.6 Å². The van der Waals surface area contributed by atoms with Gasteiger partial charge in [0.05, 0.1) is 16.2 Å². The number of hydrogen-bond acceptors (Lipinski definition) is 4. The summed E-state index contributed by atoms with van der Waals surface area (Å²) in [5.41, 5.74) is -0.113. The van der Waals surface area contributed by atoms with E-state index in [0.29, 0.717) is 6.42 Å². The van der Waals surface area contributed by atoms with Crippen LogP contribution in [-0.4, -0.2) is 15.9 Å². The van der Waals surface area contributed by atoms with Crippen LogP contribution in [0.5, 0.6) is 5.75 Å². The highest BCUT2D eigenvalue weighted by atomic mass is 32.1. The van der Waals surface area contributed by atoms with Crippen LogP contribution in [0, 0.1) is 0 Å². The quantitative estimate of drug-likeness (QED) is 0.509. The topological polar surface area (TPSA) is 70.2 Å². The Kier molecular flexibility index (Phi) is 3.00. The zero-order valence-corrected chi connectivity index (χ0v) is 8.81. The standard InChI is InChI=1S/C9H11NO3S/c1-3-5-7(12)6(4(2)11)9(14)10-8(5)13/h3H2,1-2H3,(H3,10,12,13,14). The molecule has 0 aliphatic carbocycles. The number of aromatic amines is 1. The molecule has 0 radical (unpaired) electrons. The van der Waals surface area contributed by atoms with E-state index in [0.717, 1.165) is 0 Å². The molecule has 0 aliphatic heterocycles. The van der Waals surface area contributed by atoms with Crippen LogP contribution in [0.3, 0.4) is 0 Å². The largest absolute Gasteiger partial charge is 0.507 e. The molecule has 0 spiro atoms. The van der Waals surface area contributed by atoms with Gasteiger partial charge in [-0.3, -0.25) is 9.59 Å². The van der Waals surface area contributed by atoms with Gasteiger partial charge in [-0.2, -0.15) is 0 Å². The molecule has 1 aromatic heterocycles. The van der Waals surface area contributed by atoms with Gasteiger partial charge >= 0.3 is 0 Å². The minimum atomic E-state index is -0.403. The number of carbonyl (C=O) groups excluding carboxylic acids is 1. The Morgan fingerprint density at radius 1 is 1.57 bits per heavy atom. The fourth-order valence-corrected chi connectivity index (χ4v) is 1.64. The minimum absolute atomic E-state index is 0.0739. The first-order valence-electron chi connectivity index (χ1n) is 4.17. The smallest absolute Gasteiger partial charge is 0.255 e. The number of thiol groups is 1. The molecular weight excluding hydrogens is 202 g/mol. The first kappa shape index (κ1) is 10.8. The van der Waals surface area contributed by atoms with E-state index in [1.807, 2.05) is 0 Å². The maximum Gasteiger partial charge on any atom is 0.255 e. The molecule has 0 atom stereocenters. The molecule has 0 aromatic carbocycles. The van der Waals surface area contributed by atoms with E-state index < -0.39 is 5.56 Å². The van der Waals surface area contributed by atoms with E-state index in [1.54, 1.807) is 6.92 Å². The van der Waals surface area contributed by atoms with Gasteiger partial charge in [-0.25, -0.2) is 0 Å². The van der Waals surface area contributed by atoms with Crippen molar-refractivity contribution in [3.8, 4) is 5.75 Å². The maximum absolute atomic E-state index is 11.3. The lowest BCUT2D eigenvalue weighted by Crippen LogP contribution is -2.15. The van der Waals surface area contributed by atoms with Gasteiger partial charge < -0.3 is 10.1 Å². The van der Waals surface area contributed by atoms with Crippen molar-refractivity contribution in [3.63, 3.8) is 0 Å². The number of rotatable bonds is 2. The molecule has 5 heteroatoms. The fraction of sp³-hybridized carbons (Fsp3) is 0.333. The van der Waals surface area contributed by atoms with Crippen LogP contribution >= 0.6 is 12.6 Å². The molecule has 1 aromatic rings. The summed E-state index contributed by atoms with van der Waals surface area (Å²) in [6.07, 6.45) is 0.371. The Morgan fingerprint density at radius 2 is 2.14 bits per heavy atom. The lowest BCUT2D eigenvalue weighted by Gasteiger charge is -2.07. The molecule has 14 heavy (non-hydrogen) atoms. The summed E-state index contributed by atoms with van der Waals surface area (Å²) in [5, 5.41) is 9.74. The van der Waals surface area contributed by atoms with Crippen molar-refractivity contribution in [1.82, 2.24) is 4.98 Å². The predicted octanol–water partition coefficient (Wildman–Crippen LogP) is 1.13. The van der Waals surface area contributed by atoms with E-state index in [2.05, 4.69) is 17.6 Å². The summed E-state index contributed by atoms with van der Waals surface area (Å²) >= 11 is 3.93. The Balaban J connectivity index is 3.60. The summed E-state index contributed by atoms with van der Waals surface area (Å²) < 4.78 is 0. The molecule has 4 nitrogen and oxygen atoms in total. The van der Waals surface area contributed by atoms with Gasteiger partial charge in [0, 0.05) is 0 Å². The number of H-pyrrole nitrogens is 1. The molecule has 0 bridgehead atoms. The van der Waals surface area contributed by atoms with Crippen LogP contribution in [0.2, 0.25) is 0 Å². The van der Waals surface area contributed by atoms with Crippen molar-refractivity contribution in [1.29, 1.82) is 0 Å². The first-order valence-corrected chi connectivity index (χ1v) is 4.61. The Labute approximate surface area is 86.4 Å². The van der Waals surface area contributed by atoms with Gasteiger partial charge in [0.25, 0.3) is 5.56 Å². The third kappa shape index (κ3) is 1.68. The van der Waals surface area contributed by atoms with Crippen LogP contribution in [0.15, 0.2) is 9.82 Å². The Morgan fingerprint density at radius 3 is 2.57 bits per heavy atom. The van der Waals surface area contributed by atoms with Crippen LogP contribution in [-0.2, 0) is 6.42 Å². The van der Waals surface area contributed by atoms with Gasteiger partial charge in [0.2, 0.25) is 0 Å². The molecule has 0 amide bonds. The highest BCUT2D eigenvalue weighted by molar-refractivity contribution is 7.80. The SMILES string of the molecule is CCc1c(O)c(C(C)=O)c(S)[nH]c1=O. The van der Waals surface area contributed by atoms with Gasteiger partial charge in [0.15, 0.2) is 5.78 Å². The molecule has 0 fully saturated rings. The summed E-state index contributed by atoms with van der Waals surface area (Å²) in [6.45, 7) is 3.04. The molecule has 1 rings (SSSR count). The molecule has 1 heterocycles. The third-order valence-electron chi connectivity index (χ3n) is 1.97. The number of hydrogen-bond donors (Lipinski definition) is 3. The van der Waals surface area contributed by atoms with Gasteiger partial charge in [-0.05, 0) is 13.3 Å². The Hall–Kier alpha value is -1.23. The van der Waals surface area contributed by atoms with Crippen LogP contribution in [0.4, 0.5) is 0 Å². The average molecular weight is 213 g/mol. The van der Waals surface area contributed by atoms with E-state index in [4.69, 9.17) is 0 Å². The second kappa shape index (κ2) is 3.88. The first-order chi connectivity index (χ1) is 6.49. The van der Waals surface area contributed by atoms with Gasteiger partial charge in [-0.1, -0.05) is 6.92 Å². The molecule has 0 unspecified atom stereocenters. The number of aromatic hydroxyl groups is 1. The Bertz CT molecular complexity index is 436. The highest BCUT2D eigenvalue weighted by Gasteiger charge is 2.17. The van der Waals surface area contributed by atoms with Crippen LogP contribution in [0.1, 0.15) is 29.8 Å². The number of nitrogens with one attached hydrogen (secondary N) is 1. The monoisotopic (exact) mass is 213 g/mol. The van der Waals surface area contributed by atoms with Crippen molar-refractivity contribution in [2.75, 3.05) is 0 Å². The van der Waals surface area contributed by atoms with Crippen molar-refractivity contribution >= 4 is 18.4 Å². The normalized spacial score (nSPS) is 10.2. The summed E-state index contributed by atoms with van der Waals surface area (Å²) in [5.74, 6) is -0.577. The molecule has 0 saturated carbocycles. The summed E-state index contributed by atoms with van der Waals surface area (Å²) in [7, 11) is 0. The van der Waals surface area contributed by atoms with Crippen molar-refractivity contribution in [2.45, 2.75) is 25.3 Å². The number of ketones is 1. The van der Waals surface area contributed by atoms with E-state index in [1.165, 1.54) is 6.92 Å². The highest BCUT2D eigenvalue weighted by Crippen LogP contribution is 2.24. The van der Waals surface area contributed by atoms with Gasteiger partial charge in [0.1, 0.15) is 5.75 Å².